The van der Waals surface area contributed by atoms with Crippen molar-refractivity contribution in [2.45, 2.75) is 6.92 Å². The fourth-order valence-corrected chi connectivity index (χ4v) is 2.18. The number of amides is 1. The van der Waals surface area contributed by atoms with Gasteiger partial charge < -0.3 is 10.6 Å². The Morgan fingerprint density at radius 1 is 1.00 bits per heavy atom. The standard InChI is InChI=1S/C19H15F2N3O/c1-12-2-4-13(5-3-12)19(25)23-15-7-9-18(22-11-15)24-17-8-6-14(20)10-16(17)21/h2-11H,1H3,(H,22,24)(H,23,25). The van der Waals surface area contributed by atoms with Gasteiger partial charge in [-0.15, -0.1) is 0 Å². The van der Waals surface area contributed by atoms with E-state index in [1.54, 1.807) is 24.3 Å². The fourth-order valence-electron chi connectivity index (χ4n) is 2.18. The summed E-state index contributed by atoms with van der Waals surface area (Å²) in [6.07, 6.45) is 1.45. The van der Waals surface area contributed by atoms with Crippen LogP contribution in [0.3, 0.4) is 0 Å². The zero-order valence-corrected chi connectivity index (χ0v) is 13.4. The van der Waals surface area contributed by atoms with Gasteiger partial charge in [-0.3, -0.25) is 4.79 Å². The van der Waals surface area contributed by atoms with Gasteiger partial charge >= 0.3 is 0 Å². The highest BCUT2D eigenvalue weighted by Crippen LogP contribution is 2.20. The first-order valence-corrected chi connectivity index (χ1v) is 7.57. The summed E-state index contributed by atoms with van der Waals surface area (Å²) in [5.41, 5.74) is 2.24. The van der Waals surface area contributed by atoms with Gasteiger partial charge in [-0.05, 0) is 43.3 Å². The van der Waals surface area contributed by atoms with E-state index in [1.165, 1.54) is 12.3 Å². The van der Waals surface area contributed by atoms with Crippen molar-refractivity contribution in [2.24, 2.45) is 0 Å². The number of carbonyl (C=O) groups excluding carboxylic acids is 1. The number of hydrogen-bond acceptors (Lipinski definition) is 3. The highest BCUT2D eigenvalue weighted by molar-refractivity contribution is 6.04. The van der Waals surface area contributed by atoms with Crippen LogP contribution in [-0.2, 0) is 0 Å². The molecule has 1 amide bonds. The minimum Gasteiger partial charge on any atom is -0.338 e. The van der Waals surface area contributed by atoms with Crippen molar-refractivity contribution in [3.8, 4) is 0 Å². The zero-order valence-electron chi connectivity index (χ0n) is 13.4. The SMILES string of the molecule is Cc1ccc(C(=O)Nc2ccc(Nc3ccc(F)cc3F)nc2)cc1. The average molecular weight is 339 g/mol. The Morgan fingerprint density at radius 2 is 1.76 bits per heavy atom. The summed E-state index contributed by atoms with van der Waals surface area (Å²) < 4.78 is 26.5. The number of pyridine rings is 1. The summed E-state index contributed by atoms with van der Waals surface area (Å²) in [6.45, 7) is 1.95. The van der Waals surface area contributed by atoms with E-state index in [-0.39, 0.29) is 11.6 Å². The summed E-state index contributed by atoms with van der Waals surface area (Å²) in [4.78, 5) is 16.3. The van der Waals surface area contributed by atoms with Gasteiger partial charge in [0.25, 0.3) is 5.91 Å². The first-order valence-electron chi connectivity index (χ1n) is 7.57. The number of halogens is 2. The molecule has 3 rings (SSSR count). The van der Waals surface area contributed by atoms with Crippen molar-refractivity contribution in [3.05, 3.63) is 83.6 Å². The topological polar surface area (TPSA) is 54.0 Å². The number of rotatable bonds is 4. The molecule has 0 fully saturated rings. The molecule has 2 aromatic carbocycles. The van der Waals surface area contributed by atoms with Gasteiger partial charge in [-0.25, -0.2) is 13.8 Å². The second-order valence-electron chi connectivity index (χ2n) is 5.50. The van der Waals surface area contributed by atoms with Crippen LogP contribution in [0.2, 0.25) is 0 Å². The molecule has 1 aromatic heterocycles. The van der Waals surface area contributed by atoms with Gasteiger partial charge in [0.15, 0.2) is 0 Å². The Bertz CT molecular complexity index is 894. The summed E-state index contributed by atoms with van der Waals surface area (Å²) in [6, 6.07) is 13.7. The van der Waals surface area contributed by atoms with Gasteiger partial charge in [-0.2, -0.15) is 0 Å². The van der Waals surface area contributed by atoms with Crippen molar-refractivity contribution >= 4 is 23.1 Å². The molecule has 0 spiro atoms. The maximum Gasteiger partial charge on any atom is 0.255 e. The van der Waals surface area contributed by atoms with Crippen LogP contribution in [0, 0.1) is 18.6 Å². The van der Waals surface area contributed by atoms with Gasteiger partial charge in [0.1, 0.15) is 17.5 Å². The number of hydrogen-bond donors (Lipinski definition) is 2. The molecule has 4 nitrogen and oxygen atoms in total. The monoisotopic (exact) mass is 339 g/mol. The molecular formula is C19H15F2N3O. The lowest BCUT2D eigenvalue weighted by molar-refractivity contribution is 0.102. The molecule has 0 atom stereocenters. The second-order valence-corrected chi connectivity index (χ2v) is 5.50. The number of carbonyl (C=O) groups is 1. The van der Waals surface area contributed by atoms with Crippen LogP contribution in [0.15, 0.2) is 60.8 Å². The van der Waals surface area contributed by atoms with Crippen LogP contribution in [0.25, 0.3) is 0 Å². The molecule has 2 N–H and O–H groups in total. The van der Waals surface area contributed by atoms with Gasteiger partial charge in [0.2, 0.25) is 0 Å². The third-order valence-corrected chi connectivity index (χ3v) is 3.53. The molecule has 0 saturated heterocycles. The van der Waals surface area contributed by atoms with Crippen molar-refractivity contribution in [3.63, 3.8) is 0 Å². The van der Waals surface area contributed by atoms with E-state index < -0.39 is 11.6 Å². The van der Waals surface area contributed by atoms with Crippen molar-refractivity contribution < 1.29 is 13.6 Å². The third kappa shape index (κ3) is 4.17. The van der Waals surface area contributed by atoms with E-state index in [1.807, 2.05) is 19.1 Å². The normalized spacial score (nSPS) is 10.4. The highest BCUT2D eigenvalue weighted by atomic mass is 19.1. The molecule has 25 heavy (non-hydrogen) atoms. The maximum atomic E-state index is 13.6. The highest BCUT2D eigenvalue weighted by Gasteiger charge is 2.07. The summed E-state index contributed by atoms with van der Waals surface area (Å²) in [5, 5.41) is 5.49. The van der Waals surface area contributed by atoms with Crippen molar-refractivity contribution in [2.75, 3.05) is 10.6 Å². The molecule has 0 radical (unpaired) electrons. The number of aryl methyl sites for hydroxylation is 1. The van der Waals surface area contributed by atoms with E-state index in [0.717, 1.165) is 17.7 Å². The van der Waals surface area contributed by atoms with Crippen molar-refractivity contribution in [1.82, 2.24) is 4.98 Å². The molecule has 0 aliphatic carbocycles. The minimum absolute atomic E-state index is 0.116. The van der Waals surface area contributed by atoms with Crippen LogP contribution in [-0.4, -0.2) is 10.9 Å². The number of nitrogens with one attached hydrogen (secondary N) is 2. The van der Waals surface area contributed by atoms with Crippen LogP contribution in [0.4, 0.5) is 26.0 Å². The van der Waals surface area contributed by atoms with E-state index in [9.17, 15) is 13.6 Å². The molecule has 6 heteroatoms. The Kier molecular flexibility index (Phi) is 4.70. The smallest absolute Gasteiger partial charge is 0.255 e. The number of aromatic nitrogens is 1. The molecule has 1 heterocycles. The Morgan fingerprint density at radius 3 is 2.40 bits per heavy atom. The van der Waals surface area contributed by atoms with Gasteiger partial charge in [-0.1, -0.05) is 17.7 Å². The lowest BCUT2D eigenvalue weighted by atomic mass is 10.1. The third-order valence-electron chi connectivity index (χ3n) is 3.53. The first-order chi connectivity index (χ1) is 12.0. The molecule has 0 bridgehead atoms. The van der Waals surface area contributed by atoms with Crippen LogP contribution < -0.4 is 10.6 Å². The molecular weight excluding hydrogens is 324 g/mol. The van der Waals surface area contributed by atoms with Gasteiger partial charge in [0.05, 0.1) is 17.6 Å². The maximum absolute atomic E-state index is 13.6. The fraction of sp³-hybridized carbons (Fsp3) is 0.0526. The first kappa shape index (κ1) is 16.6. The van der Waals surface area contributed by atoms with Crippen molar-refractivity contribution in [1.29, 1.82) is 0 Å². The number of benzene rings is 2. The summed E-state index contributed by atoms with van der Waals surface area (Å²) in [5.74, 6) is -1.23. The van der Waals surface area contributed by atoms with E-state index in [2.05, 4.69) is 15.6 Å². The second kappa shape index (κ2) is 7.09. The number of anilines is 3. The lowest BCUT2D eigenvalue weighted by Gasteiger charge is -2.09. The Labute approximate surface area is 143 Å². The Balaban J connectivity index is 1.67. The number of nitrogens with zero attached hydrogens (tertiary/aromatic N) is 1. The van der Waals surface area contributed by atoms with E-state index in [4.69, 9.17) is 0 Å². The van der Waals surface area contributed by atoms with Crippen LogP contribution in [0.1, 0.15) is 15.9 Å². The molecule has 0 aliphatic heterocycles. The molecule has 0 saturated carbocycles. The lowest BCUT2D eigenvalue weighted by Crippen LogP contribution is -2.12. The van der Waals surface area contributed by atoms with E-state index >= 15 is 0 Å². The van der Waals surface area contributed by atoms with Crippen LogP contribution >= 0.6 is 0 Å². The summed E-state index contributed by atoms with van der Waals surface area (Å²) in [7, 11) is 0. The Hall–Kier alpha value is -3.28. The van der Waals surface area contributed by atoms with E-state index in [0.29, 0.717) is 17.1 Å². The molecule has 126 valence electrons. The molecule has 0 aliphatic rings. The largest absolute Gasteiger partial charge is 0.338 e. The molecule has 0 unspecified atom stereocenters. The average Bonchev–Trinajstić information content (AvgIpc) is 2.59. The predicted molar refractivity (Wildman–Crippen MR) is 93.0 cm³/mol. The quantitative estimate of drug-likeness (QED) is 0.727. The predicted octanol–water partition coefficient (Wildman–Crippen LogP) is 4.66. The molecule has 3 aromatic rings. The van der Waals surface area contributed by atoms with Gasteiger partial charge in [0, 0.05) is 11.6 Å². The minimum atomic E-state index is -0.710. The zero-order chi connectivity index (χ0) is 17.8. The van der Waals surface area contributed by atoms with Crippen LogP contribution in [0.5, 0.6) is 0 Å². The summed E-state index contributed by atoms with van der Waals surface area (Å²) >= 11 is 0.